The first-order valence-electron chi connectivity index (χ1n) is 7.85. The van der Waals surface area contributed by atoms with Crippen molar-refractivity contribution >= 4 is 35.2 Å². The molecular weight excluding hydrogens is 328 g/mol. The van der Waals surface area contributed by atoms with Gasteiger partial charge in [-0.15, -0.1) is 0 Å². The third-order valence-corrected chi connectivity index (χ3v) is 4.56. The number of hydrogen-bond acceptors (Lipinski definition) is 5. The highest BCUT2D eigenvalue weighted by Crippen LogP contribution is 2.21. The largest absolute Gasteiger partial charge is 0.467 e. The fourth-order valence-electron chi connectivity index (χ4n) is 2.58. The van der Waals surface area contributed by atoms with E-state index < -0.39 is 12.0 Å². The molecule has 130 valence electrons. The van der Waals surface area contributed by atoms with E-state index in [-0.39, 0.29) is 11.8 Å². The fraction of sp³-hybridized carbons (Fsp3) is 0.471. The lowest BCUT2D eigenvalue weighted by atomic mass is 10.1. The molecule has 2 amide bonds. The molecule has 0 aliphatic carbocycles. The summed E-state index contributed by atoms with van der Waals surface area (Å²) < 4.78 is 4.74. The molecular formula is C17H22N2O4S. The van der Waals surface area contributed by atoms with Crippen LogP contribution in [0.15, 0.2) is 24.3 Å². The minimum Gasteiger partial charge on any atom is -0.467 e. The normalized spacial score (nSPS) is 15.2. The van der Waals surface area contributed by atoms with E-state index in [0.29, 0.717) is 24.9 Å². The number of benzene rings is 1. The Labute approximate surface area is 145 Å². The van der Waals surface area contributed by atoms with Gasteiger partial charge in [0.2, 0.25) is 5.91 Å². The van der Waals surface area contributed by atoms with Crippen molar-refractivity contribution in [2.45, 2.75) is 25.3 Å². The van der Waals surface area contributed by atoms with Crippen LogP contribution in [-0.4, -0.2) is 49.5 Å². The zero-order chi connectivity index (χ0) is 17.5. The molecule has 0 unspecified atom stereocenters. The number of carbonyl (C=O) groups excluding carboxylic acids is 3. The Kier molecular flexibility index (Phi) is 6.66. The van der Waals surface area contributed by atoms with Crippen LogP contribution in [0.5, 0.6) is 0 Å². The molecule has 2 rings (SSSR count). The number of nitrogens with one attached hydrogen (secondary N) is 1. The third-order valence-electron chi connectivity index (χ3n) is 3.92. The number of thioether (sulfide) groups is 1. The van der Waals surface area contributed by atoms with Crippen LogP contribution in [0.4, 0.5) is 5.69 Å². The minimum atomic E-state index is -0.658. The molecule has 1 aliphatic heterocycles. The number of carbonyl (C=O) groups is 3. The summed E-state index contributed by atoms with van der Waals surface area (Å²) in [7, 11) is 1.31. The van der Waals surface area contributed by atoms with E-state index in [9.17, 15) is 14.4 Å². The van der Waals surface area contributed by atoms with Crippen LogP contribution >= 0.6 is 11.8 Å². The Balaban J connectivity index is 2.02. The number of anilines is 1. The number of hydrogen-bond donors (Lipinski definition) is 1. The summed E-state index contributed by atoms with van der Waals surface area (Å²) in [5.41, 5.74) is 1.24. The third kappa shape index (κ3) is 4.50. The van der Waals surface area contributed by atoms with Crippen molar-refractivity contribution in [2.24, 2.45) is 0 Å². The Morgan fingerprint density at radius 1 is 1.33 bits per heavy atom. The molecule has 7 heteroatoms. The number of amides is 2. The quantitative estimate of drug-likeness (QED) is 0.760. The summed E-state index contributed by atoms with van der Waals surface area (Å²) in [6.45, 7) is 0.712. The molecule has 1 aromatic rings. The molecule has 0 aromatic heterocycles. The number of ether oxygens (including phenoxy) is 1. The van der Waals surface area contributed by atoms with E-state index in [1.165, 1.54) is 7.11 Å². The minimum absolute atomic E-state index is 0.107. The highest BCUT2D eigenvalue weighted by atomic mass is 32.2. The van der Waals surface area contributed by atoms with Crippen LogP contribution in [0.25, 0.3) is 0 Å². The predicted molar refractivity (Wildman–Crippen MR) is 94.3 cm³/mol. The van der Waals surface area contributed by atoms with Gasteiger partial charge in [-0.25, -0.2) is 4.79 Å². The summed E-state index contributed by atoms with van der Waals surface area (Å²) >= 11 is 1.60. The smallest absolute Gasteiger partial charge is 0.328 e. The Morgan fingerprint density at radius 3 is 2.58 bits per heavy atom. The maximum Gasteiger partial charge on any atom is 0.328 e. The van der Waals surface area contributed by atoms with Gasteiger partial charge in [0, 0.05) is 24.2 Å². The van der Waals surface area contributed by atoms with Gasteiger partial charge in [0.05, 0.1) is 7.11 Å². The monoisotopic (exact) mass is 350 g/mol. The summed E-state index contributed by atoms with van der Waals surface area (Å²) in [4.78, 5) is 37.5. The zero-order valence-corrected chi connectivity index (χ0v) is 14.7. The first-order chi connectivity index (χ1) is 11.6. The summed E-state index contributed by atoms with van der Waals surface area (Å²) in [5.74, 6) is 0.0771. The number of esters is 1. The van der Waals surface area contributed by atoms with Crippen LogP contribution in [0.3, 0.4) is 0 Å². The van der Waals surface area contributed by atoms with Gasteiger partial charge >= 0.3 is 5.97 Å². The fourth-order valence-corrected chi connectivity index (χ4v) is 3.05. The lowest BCUT2D eigenvalue weighted by molar-refractivity contribution is -0.142. The van der Waals surface area contributed by atoms with Gasteiger partial charge in [0.25, 0.3) is 5.91 Å². The van der Waals surface area contributed by atoms with E-state index in [0.717, 1.165) is 17.9 Å². The van der Waals surface area contributed by atoms with Gasteiger partial charge in [-0.3, -0.25) is 9.59 Å². The van der Waals surface area contributed by atoms with Crippen molar-refractivity contribution in [1.29, 1.82) is 0 Å². The van der Waals surface area contributed by atoms with Gasteiger partial charge in [0.15, 0.2) is 0 Å². The Morgan fingerprint density at radius 2 is 2.04 bits per heavy atom. The molecule has 6 nitrogen and oxygen atoms in total. The highest BCUT2D eigenvalue weighted by molar-refractivity contribution is 7.98. The van der Waals surface area contributed by atoms with Crippen molar-refractivity contribution in [3.63, 3.8) is 0 Å². The molecule has 1 saturated heterocycles. The Bertz CT molecular complexity index is 603. The SMILES string of the molecule is COC(=O)[C@@H](CCSC)NC(=O)c1ccc(N2CCCC2=O)cc1. The second-order valence-corrected chi connectivity index (χ2v) is 6.51. The van der Waals surface area contributed by atoms with Crippen molar-refractivity contribution < 1.29 is 19.1 Å². The van der Waals surface area contributed by atoms with Crippen LogP contribution in [0.2, 0.25) is 0 Å². The molecule has 0 bridgehead atoms. The molecule has 1 aromatic carbocycles. The number of rotatable bonds is 7. The molecule has 0 saturated carbocycles. The molecule has 24 heavy (non-hydrogen) atoms. The predicted octanol–water partition coefficient (Wildman–Crippen LogP) is 1.84. The zero-order valence-electron chi connectivity index (χ0n) is 13.9. The summed E-state index contributed by atoms with van der Waals surface area (Å²) in [6.07, 6.45) is 3.88. The van der Waals surface area contributed by atoms with Crippen LogP contribution < -0.4 is 10.2 Å². The molecule has 0 spiro atoms. The van der Waals surface area contributed by atoms with Crippen LogP contribution in [0.1, 0.15) is 29.6 Å². The molecule has 1 aliphatic rings. The average Bonchev–Trinajstić information content (AvgIpc) is 3.03. The molecule has 1 atom stereocenters. The van der Waals surface area contributed by atoms with E-state index in [1.54, 1.807) is 40.9 Å². The molecule has 1 N–H and O–H groups in total. The summed E-state index contributed by atoms with van der Waals surface area (Å²) in [5, 5.41) is 2.71. The second-order valence-electron chi connectivity index (χ2n) is 5.53. The van der Waals surface area contributed by atoms with Gasteiger partial charge in [-0.05, 0) is 49.1 Å². The summed E-state index contributed by atoms with van der Waals surface area (Å²) in [6, 6.07) is 6.19. The lowest BCUT2D eigenvalue weighted by Crippen LogP contribution is -2.41. The van der Waals surface area contributed by atoms with Crippen molar-refractivity contribution in [2.75, 3.05) is 30.6 Å². The van der Waals surface area contributed by atoms with Gasteiger partial charge < -0.3 is 15.0 Å². The number of nitrogens with zero attached hydrogens (tertiary/aromatic N) is 1. The van der Waals surface area contributed by atoms with Gasteiger partial charge in [-0.2, -0.15) is 11.8 Å². The van der Waals surface area contributed by atoms with E-state index in [2.05, 4.69) is 5.32 Å². The van der Waals surface area contributed by atoms with Crippen LogP contribution in [0, 0.1) is 0 Å². The van der Waals surface area contributed by atoms with Crippen molar-refractivity contribution in [3.8, 4) is 0 Å². The van der Waals surface area contributed by atoms with E-state index >= 15 is 0 Å². The van der Waals surface area contributed by atoms with Crippen molar-refractivity contribution in [3.05, 3.63) is 29.8 Å². The van der Waals surface area contributed by atoms with Gasteiger partial charge in [-0.1, -0.05) is 0 Å². The standard InChI is InChI=1S/C17H22N2O4S/c1-23-17(22)14(9-11-24-2)18-16(21)12-5-7-13(8-6-12)19-10-3-4-15(19)20/h5-8,14H,3-4,9-11H2,1-2H3,(H,18,21)/t14-/m1/s1. The molecule has 1 fully saturated rings. The highest BCUT2D eigenvalue weighted by Gasteiger charge is 2.23. The molecule has 0 radical (unpaired) electrons. The maximum atomic E-state index is 12.3. The first kappa shape index (κ1) is 18.3. The van der Waals surface area contributed by atoms with E-state index in [1.807, 2.05) is 6.26 Å². The van der Waals surface area contributed by atoms with Gasteiger partial charge in [0.1, 0.15) is 6.04 Å². The van der Waals surface area contributed by atoms with Crippen LogP contribution in [-0.2, 0) is 14.3 Å². The Hall–Kier alpha value is -2.02. The molecule has 1 heterocycles. The average molecular weight is 350 g/mol. The maximum absolute atomic E-state index is 12.3. The van der Waals surface area contributed by atoms with E-state index in [4.69, 9.17) is 4.74 Å². The lowest BCUT2D eigenvalue weighted by Gasteiger charge is -2.17. The first-order valence-corrected chi connectivity index (χ1v) is 9.24. The topological polar surface area (TPSA) is 75.7 Å². The van der Waals surface area contributed by atoms with Crippen molar-refractivity contribution in [1.82, 2.24) is 5.32 Å². The second kappa shape index (κ2) is 8.73. The number of methoxy groups -OCH3 is 1.